The van der Waals surface area contributed by atoms with E-state index in [1.807, 2.05) is 42.6 Å². The van der Waals surface area contributed by atoms with Crippen molar-refractivity contribution in [1.29, 1.82) is 0 Å². The third kappa shape index (κ3) is 2.94. The van der Waals surface area contributed by atoms with Crippen LogP contribution in [0.1, 0.15) is 30.3 Å². The first-order valence-corrected chi connectivity index (χ1v) is 8.94. The number of carbonyl (C=O) groups excluding carboxylic acids is 1. The van der Waals surface area contributed by atoms with Gasteiger partial charge in [0.15, 0.2) is 5.65 Å². The zero-order valence-electron chi connectivity index (χ0n) is 15.4. The number of aromatic nitrogens is 3. The SMILES string of the molecule is Cc1nc2c3ccccc3nn2c(C)c1CCC(=O)OCC1(C)COC1. The summed E-state index contributed by atoms with van der Waals surface area (Å²) in [7, 11) is 0. The molecule has 0 saturated carbocycles. The lowest BCUT2D eigenvalue weighted by Gasteiger charge is -2.37. The number of esters is 1. The van der Waals surface area contributed by atoms with Crippen molar-refractivity contribution in [2.45, 2.75) is 33.6 Å². The molecule has 6 nitrogen and oxygen atoms in total. The summed E-state index contributed by atoms with van der Waals surface area (Å²) in [5.74, 6) is -0.178. The molecule has 0 radical (unpaired) electrons. The zero-order chi connectivity index (χ0) is 18.3. The second kappa shape index (κ2) is 6.36. The highest BCUT2D eigenvalue weighted by Gasteiger charge is 2.34. The first-order valence-electron chi connectivity index (χ1n) is 8.94. The molecule has 0 aliphatic carbocycles. The minimum Gasteiger partial charge on any atom is -0.465 e. The van der Waals surface area contributed by atoms with E-state index in [1.165, 1.54) is 0 Å². The molecule has 1 aliphatic heterocycles. The molecule has 2 aromatic heterocycles. The second-order valence-corrected chi connectivity index (χ2v) is 7.48. The van der Waals surface area contributed by atoms with Crippen LogP contribution in [0.4, 0.5) is 0 Å². The highest BCUT2D eigenvalue weighted by Crippen LogP contribution is 2.27. The maximum Gasteiger partial charge on any atom is 0.306 e. The summed E-state index contributed by atoms with van der Waals surface area (Å²) < 4.78 is 12.5. The summed E-state index contributed by atoms with van der Waals surface area (Å²) in [4.78, 5) is 16.9. The molecule has 0 spiro atoms. The largest absolute Gasteiger partial charge is 0.465 e. The fraction of sp³-hybridized carbons (Fsp3) is 0.450. The second-order valence-electron chi connectivity index (χ2n) is 7.48. The van der Waals surface area contributed by atoms with Crippen molar-refractivity contribution >= 4 is 22.5 Å². The molecule has 136 valence electrons. The van der Waals surface area contributed by atoms with E-state index < -0.39 is 0 Å². The van der Waals surface area contributed by atoms with Crippen LogP contribution in [0.25, 0.3) is 16.6 Å². The van der Waals surface area contributed by atoms with Gasteiger partial charge in [0.25, 0.3) is 0 Å². The Morgan fingerprint density at radius 3 is 2.81 bits per heavy atom. The standard InChI is InChI=1S/C20H23N3O3/c1-13-15(8-9-18(24)26-12-20(3)10-25-11-20)14(2)23-19(21-13)16-6-4-5-7-17(16)22-23/h4-7H,8-12H2,1-3H3. The summed E-state index contributed by atoms with van der Waals surface area (Å²) in [5.41, 5.74) is 4.79. The fourth-order valence-electron chi connectivity index (χ4n) is 3.43. The minimum atomic E-state index is -0.178. The Labute approximate surface area is 152 Å². The lowest BCUT2D eigenvalue weighted by Crippen LogP contribution is -2.44. The van der Waals surface area contributed by atoms with Gasteiger partial charge < -0.3 is 9.47 Å². The molecule has 0 atom stereocenters. The molecule has 0 N–H and O–H groups in total. The number of hydrogen-bond acceptors (Lipinski definition) is 5. The lowest BCUT2D eigenvalue weighted by molar-refractivity contribution is -0.165. The van der Waals surface area contributed by atoms with Gasteiger partial charge in [-0.3, -0.25) is 4.79 Å². The predicted octanol–water partition coefficient (Wildman–Crippen LogP) is 3.01. The third-order valence-electron chi connectivity index (χ3n) is 5.08. The highest BCUT2D eigenvalue weighted by atomic mass is 16.5. The molecule has 26 heavy (non-hydrogen) atoms. The Morgan fingerprint density at radius 1 is 1.31 bits per heavy atom. The van der Waals surface area contributed by atoms with E-state index in [9.17, 15) is 4.79 Å². The number of benzene rings is 1. The van der Waals surface area contributed by atoms with E-state index in [2.05, 4.69) is 12.0 Å². The van der Waals surface area contributed by atoms with Crippen molar-refractivity contribution in [2.24, 2.45) is 5.41 Å². The summed E-state index contributed by atoms with van der Waals surface area (Å²) in [6, 6.07) is 7.99. The number of aryl methyl sites for hydroxylation is 2. The van der Waals surface area contributed by atoms with Crippen LogP contribution in [0, 0.1) is 19.3 Å². The van der Waals surface area contributed by atoms with E-state index >= 15 is 0 Å². The van der Waals surface area contributed by atoms with E-state index in [1.54, 1.807) is 0 Å². The van der Waals surface area contributed by atoms with Crippen LogP contribution in [0.2, 0.25) is 0 Å². The summed E-state index contributed by atoms with van der Waals surface area (Å²) in [6.07, 6.45) is 0.940. The van der Waals surface area contributed by atoms with Crippen molar-refractivity contribution in [1.82, 2.24) is 14.6 Å². The minimum absolute atomic E-state index is 0.0167. The quantitative estimate of drug-likeness (QED) is 0.660. The van der Waals surface area contributed by atoms with Gasteiger partial charge in [-0.2, -0.15) is 5.10 Å². The van der Waals surface area contributed by atoms with Crippen LogP contribution in [-0.4, -0.2) is 40.4 Å². The summed E-state index contributed by atoms with van der Waals surface area (Å²) in [6.45, 7) is 7.82. The number of nitrogens with zero attached hydrogens (tertiary/aromatic N) is 3. The molecule has 1 aliphatic rings. The first-order chi connectivity index (χ1) is 12.5. The molecule has 1 saturated heterocycles. The van der Waals surface area contributed by atoms with E-state index in [-0.39, 0.29) is 11.4 Å². The van der Waals surface area contributed by atoms with Crippen LogP contribution >= 0.6 is 0 Å². The number of rotatable bonds is 5. The molecule has 0 bridgehead atoms. The van der Waals surface area contributed by atoms with Crippen LogP contribution in [0.5, 0.6) is 0 Å². The number of carbonyl (C=O) groups is 1. The summed E-state index contributed by atoms with van der Waals surface area (Å²) in [5, 5.41) is 5.70. The Hall–Kier alpha value is -2.47. The smallest absolute Gasteiger partial charge is 0.306 e. The van der Waals surface area contributed by atoms with Gasteiger partial charge in [0.05, 0.1) is 18.7 Å². The Kier molecular flexibility index (Phi) is 4.15. The van der Waals surface area contributed by atoms with Gasteiger partial charge in [-0.15, -0.1) is 0 Å². The normalized spacial score (nSPS) is 16.0. The van der Waals surface area contributed by atoms with Crippen LogP contribution in [0.3, 0.4) is 0 Å². The molecule has 3 heterocycles. The Morgan fingerprint density at radius 2 is 2.08 bits per heavy atom. The molecular formula is C20H23N3O3. The lowest BCUT2D eigenvalue weighted by atomic mass is 9.90. The van der Waals surface area contributed by atoms with E-state index in [0.29, 0.717) is 32.7 Å². The van der Waals surface area contributed by atoms with Gasteiger partial charge in [-0.05, 0) is 38.0 Å². The molecule has 6 heteroatoms. The van der Waals surface area contributed by atoms with Crippen molar-refractivity contribution in [2.75, 3.05) is 19.8 Å². The van der Waals surface area contributed by atoms with Gasteiger partial charge in [-0.1, -0.05) is 19.1 Å². The van der Waals surface area contributed by atoms with Crippen molar-refractivity contribution in [3.8, 4) is 0 Å². The molecule has 1 fully saturated rings. The monoisotopic (exact) mass is 353 g/mol. The molecule has 0 amide bonds. The van der Waals surface area contributed by atoms with E-state index in [4.69, 9.17) is 14.5 Å². The molecule has 0 unspecified atom stereocenters. The number of fused-ring (bicyclic) bond motifs is 3. The predicted molar refractivity (Wildman–Crippen MR) is 98.2 cm³/mol. The Bertz CT molecular complexity index is 989. The van der Waals surface area contributed by atoms with Gasteiger partial charge in [0, 0.05) is 28.6 Å². The van der Waals surface area contributed by atoms with Crippen LogP contribution < -0.4 is 0 Å². The van der Waals surface area contributed by atoms with Gasteiger partial charge in [-0.25, -0.2) is 9.50 Å². The number of ether oxygens (including phenoxy) is 2. The average molecular weight is 353 g/mol. The van der Waals surface area contributed by atoms with E-state index in [0.717, 1.165) is 33.5 Å². The third-order valence-corrected chi connectivity index (χ3v) is 5.08. The first kappa shape index (κ1) is 17.0. The zero-order valence-corrected chi connectivity index (χ0v) is 15.4. The molecular weight excluding hydrogens is 330 g/mol. The van der Waals surface area contributed by atoms with Gasteiger partial charge in [0.1, 0.15) is 6.61 Å². The van der Waals surface area contributed by atoms with Gasteiger partial charge in [0.2, 0.25) is 0 Å². The molecule has 3 aromatic rings. The number of hydrogen-bond donors (Lipinski definition) is 0. The average Bonchev–Trinajstić information content (AvgIpc) is 2.97. The van der Waals surface area contributed by atoms with Crippen molar-refractivity contribution in [3.05, 3.63) is 41.2 Å². The molecule has 1 aromatic carbocycles. The maximum absolute atomic E-state index is 12.1. The van der Waals surface area contributed by atoms with Crippen LogP contribution in [0.15, 0.2) is 24.3 Å². The van der Waals surface area contributed by atoms with Gasteiger partial charge >= 0.3 is 5.97 Å². The topological polar surface area (TPSA) is 65.7 Å². The van der Waals surface area contributed by atoms with Crippen molar-refractivity contribution < 1.29 is 14.3 Å². The highest BCUT2D eigenvalue weighted by molar-refractivity contribution is 5.92. The fourth-order valence-corrected chi connectivity index (χ4v) is 3.43. The van der Waals surface area contributed by atoms with Crippen LogP contribution in [-0.2, 0) is 20.7 Å². The molecule has 4 rings (SSSR count). The maximum atomic E-state index is 12.1. The van der Waals surface area contributed by atoms with Crippen molar-refractivity contribution in [3.63, 3.8) is 0 Å². The summed E-state index contributed by atoms with van der Waals surface area (Å²) >= 11 is 0. The Balaban J connectivity index is 1.52.